The predicted molar refractivity (Wildman–Crippen MR) is 52.8 cm³/mol. The minimum absolute atomic E-state index is 0.288. The fourth-order valence-electron chi connectivity index (χ4n) is 1.14. The first-order chi connectivity index (χ1) is 6.37. The lowest BCUT2D eigenvalue weighted by Gasteiger charge is -2.21. The zero-order valence-corrected chi connectivity index (χ0v) is 8.89. The number of rotatable bonds is 2. The van der Waals surface area contributed by atoms with E-state index in [1.165, 1.54) is 0 Å². The summed E-state index contributed by atoms with van der Waals surface area (Å²) in [5, 5.41) is 2.75. The molecule has 0 heterocycles. The van der Waals surface area contributed by atoms with Crippen molar-refractivity contribution in [1.82, 2.24) is 5.32 Å². The Morgan fingerprint density at radius 3 is 2.50 bits per heavy atom. The number of nitrogens with zero attached hydrogens (tertiary/aromatic N) is 1. The summed E-state index contributed by atoms with van der Waals surface area (Å²) >= 11 is 0. The molecule has 1 aliphatic carbocycles. The molecule has 0 aromatic heterocycles. The smallest absolute Gasteiger partial charge is 0.408 e. The average molecular weight is 196 g/mol. The molecule has 0 bridgehead atoms. The maximum absolute atomic E-state index is 11.4. The first-order valence-corrected chi connectivity index (χ1v) is 4.71. The number of hydrogen-bond donors (Lipinski definition) is 1. The van der Waals surface area contributed by atoms with E-state index in [4.69, 9.17) is 11.3 Å². The molecule has 1 aliphatic rings. The van der Waals surface area contributed by atoms with Crippen LogP contribution in [-0.2, 0) is 4.74 Å². The minimum atomic E-state index is -0.474. The standard InChI is InChI=1S/C10H16N2O2/c1-9(2,3)14-8(13)12-10(5-6-10)7-11-4/h5-7H2,1-3H3,(H,12,13). The van der Waals surface area contributed by atoms with E-state index in [1.807, 2.05) is 20.8 Å². The van der Waals surface area contributed by atoms with Gasteiger partial charge in [0.2, 0.25) is 6.54 Å². The molecule has 78 valence electrons. The summed E-state index contributed by atoms with van der Waals surface area (Å²) in [6.45, 7) is 12.6. The Balaban J connectivity index is 2.39. The Bertz CT molecular complexity index is 269. The number of nitrogens with one attached hydrogen (secondary N) is 1. The number of ether oxygens (including phenoxy) is 1. The lowest BCUT2D eigenvalue weighted by molar-refractivity contribution is 0.0501. The van der Waals surface area contributed by atoms with Gasteiger partial charge in [0.15, 0.2) is 0 Å². The fraction of sp³-hybridized carbons (Fsp3) is 0.800. The van der Waals surface area contributed by atoms with Crippen LogP contribution in [0.25, 0.3) is 4.85 Å². The summed E-state index contributed by atoms with van der Waals surface area (Å²) in [5.74, 6) is 0. The first-order valence-electron chi connectivity index (χ1n) is 4.71. The number of hydrogen-bond acceptors (Lipinski definition) is 2. The Kier molecular flexibility index (Phi) is 2.70. The average Bonchev–Trinajstić information content (AvgIpc) is 2.64. The molecule has 1 saturated carbocycles. The molecule has 1 rings (SSSR count). The van der Waals surface area contributed by atoms with E-state index in [0.717, 1.165) is 12.8 Å². The zero-order chi connectivity index (χ0) is 10.8. The lowest BCUT2D eigenvalue weighted by atomic mass is 10.2. The highest BCUT2D eigenvalue weighted by Crippen LogP contribution is 2.35. The van der Waals surface area contributed by atoms with E-state index >= 15 is 0 Å². The van der Waals surface area contributed by atoms with Crippen molar-refractivity contribution in [2.24, 2.45) is 0 Å². The van der Waals surface area contributed by atoms with Gasteiger partial charge in [-0.2, -0.15) is 0 Å². The second-order valence-corrected chi connectivity index (χ2v) is 4.72. The molecule has 0 spiro atoms. The molecule has 1 fully saturated rings. The minimum Gasteiger partial charge on any atom is -0.444 e. The van der Waals surface area contributed by atoms with Crippen molar-refractivity contribution in [3.63, 3.8) is 0 Å². The van der Waals surface area contributed by atoms with Gasteiger partial charge in [0.25, 0.3) is 0 Å². The van der Waals surface area contributed by atoms with Crippen molar-refractivity contribution in [3.05, 3.63) is 11.4 Å². The van der Waals surface area contributed by atoms with Gasteiger partial charge >= 0.3 is 6.09 Å². The van der Waals surface area contributed by atoms with Crippen LogP contribution in [0.15, 0.2) is 0 Å². The van der Waals surface area contributed by atoms with Crippen LogP contribution in [-0.4, -0.2) is 23.8 Å². The molecule has 4 nitrogen and oxygen atoms in total. The zero-order valence-electron chi connectivity index (χ0n) is 8.89. The second-order valence-electron chi connectivity index (χ2n) is 4.72. The summed E-state index contributed by atoms with van der Waals surface area (Å²) in [6, 6.07) is 0. The van der Waals surface area contributed by atoms with E-state index in [-0.39, 0.29) is 5.54 Å². The molecule has 0 unspecified atom stereocenters. The van der Waals surface area contributed by atoms with Crippen LogP contribution in [0.3, 0.4) is 0 Å². The van der Waals surface area contributed by atoms with Gasteiger partial charge in [-0.3, -0.25) is 0 Å². The van der Waals surface area contributed by atoms with Gasteiger partial charge in [0, 0.05) is 0 Å². The maximum Gasteiger partial charge on any atom is 0.408 e. The van der Waals surface area contributed by atoms with Crippen LogP contribution >= 0.6 is 0 Å². The molecule has 1 N–H and O–H groups in total. The Morgan fingerprint density at radius 2 is 2.14 bits per heavy atom. The molecule has 0 aromatic carbocycles. The van der Waals surface area contributed by atoms with Gasteiger partial charge in [-0.15, -0.1) is 0 Å². The Morgan fingerprint density at radius 1 is 1.57 bits per heavy atom. The van der Waals surface area contributed by atoms with Crippen LogP contribution in [0, 0.1) is 6.57 Å². The molecular formula is C10H16N2O2. The van der Waals surface area contributed by atoms with Crippen molar-refractivity contribution in [3.8, 4) is 0 Å². The van der Waals surface area contributed by atoms with Gasteiger partial charge in [-0.05, 0) is 33.6 Å². The largest absolute Gasteiger partial charge is 0.444 e. The number of carbonyl (C=O) groups is 1. The molecule has 0 radical (unpaired) electrons. The molecule has 0 aliphatic heterocycles. The monoisotopic (exact) mass is 196 g/mol. The van der Waals surface area contributed by atoms with Crippen molar-refractivity contribution in [1.29, 1.82) is 0 Å². The first kappa shape index (κ1) is 10.8. The summed E-state index contributed by atoms with van der Waals surface area (Å²) < 4.78 is 5.11. The molecule has 1 amide bonds. The number of alkyl carbamates (subject to hydrolysis) is 1. The van der Waals surface area contributed by atoms with Crippen LogP contribution in [0.2, 0.25) is 0 Å². The quantitative estimate of drug-likeness (QED) is 0.686. The molecule has 0 saturated heterocycles. The third-order valence-corrected chi connectivity index (χ3v) is 2.00. The topological polar surface area (TPSA) is 42.7 Å². The van der Waals surface area contributed by atoms with E-state index in [0.29, 0.717) is 6.54 Å². The van der Waals surface area contributed by atoms with Crippen molar-refractivity contribution in [2.45, 2.75) is 44.8 Å². The highest BCUT2D eigenvalue weighted by Gasteiger charge is 2.48. The molecule has 14 heavy (non-hydrogen) atoms. The summed E-state index contributed by atoms with van der Waals surface area (Å²) in [5.41, 5.74) is -0.762. The second kappa shape index (κ2) is 3.49. The van der Waals surface area contributed by atoms with Crippen molar-refractivity contribution in [2.75, 3.05) is 6.54 Å². The summed E-state index contributed by atoms with van der Waals surface area (Å²) in [6.07, 6.45) is 1.35. The van der Waals surface area contributed by atoms with Crippen LogP contribution in [0.1, 0.15) is 33.6 Å². The molecular weight excluding hydrogens is 180 g/mol. The molecule has 0 atom stereocenters. The van der Waals surface area contributed by atoms with Crippen LogP contribution in [0.5, 0.6) is 0 Å². The van der Waals surface area contributed by atoms with E-state index in [9.17, 15) is 4.79 Å². The SMILES string of the molecule is [C-]#[N+]CC1(NC(=O)OC(C)(C)C)CC1. The van der Waals surface area contributed by atoms with Gasteiger partial charge in [-0.1, -0.05) is 0 Å². The summed E-state index contributed by atoms with van der Waals surface area (Å²) in [4.78, 5) is 14.7. The highest BCUT2D eigenvalue weighted by molar-refractivity contribution is 5.69. The third kappa shape index (κ3) is 3.25. The van der Waals surface area contributed by atoms with Gasteiger partial charge in [0.1, 0.15) is 11.1 Å². The Labute approximate surface area is 84.4 Å². The van der Waals surface area contributed by atoms with Gasteiger partial charge in [-0.25, -0.2) is 11.4 Å². The van der Waals surface area contributed by atoms with Gasteiger partial charge in [0.05, 0.1) is 0 Å². The van der Waals surface area contributed by atoms with Gasteiger partial charge < -0.3 is 14.9 Å². The third-order valence-electron chi connectivity index (χ3n) is 2.00. The number of carbonyl (C=O) groups excluding carboxylic acids is 1. The highest BCUT2D eigenvalue weighted by atomic mass is 16.6. The Hall–Kier alpha value is -1.24. The normalized spacial score (nSPS) is 18.1. The van der Waals surface area contributed by atoms with E-state index in [1.54, 1.807) is 0 Å². The van der Waals surface area contributed by atoms with Crippen molar-refractivity contribution < 1.29 is 9.53 Å². The van der Waals surface area contributed by atoms with Crippen LogP contribution in [0.4, 0.5) is 4.79 Å². The lowest BCUT2D eigenvalue weighted by Crippen LogP contribution is -2.42. The van der Waals surface area contributed by atoms with Crippen molar-refractivity contribution >= 4 is 6.09 Å². The fourth-order valence-corrected chi connectivity index (χ4v) is 1.14. The summed E-state index contributed by atoms with van der Waals surface area (Å²) in [7, 11) is 0. The molecule has 4 heteroatoms. The predicted octanol–water partition coefficient (Wildman–Crippen LogP) is 1.96. The van der Waals surface area contributed by atoms with Crippen LogP contribution < -0.4 is 5.32 Å². The van der Waals surface area contributed by atoms with E-state index < -0.39 is 11.7 Å². The number of amides is 1. The van der Waals surface area contributed by atoms with E-state index in [2.05, 4.69) is 10.2 Å². The maximum atomic E-state index is 11.4. The molecule has 0 aromatic rings.